The summed E-state index contributed by atoms with van der Waals surface area (Å²) in [7, 11) is 3.95. The van der Waals surface area contributed by atoms with Crippen LogP contribution in [0.1, 0.15) is 19.8 Å². The van der Waals surface area contributed by atoms with Gasteiger partial charge < -0.3 is 20.7 Å². The summed E-state index contributed by atoms with van der Waals surface area (Å²) in [5, 5.41) is 3.00. The molecular formula is C12H23N3O2S. The van der Waals surface area contributed by atoms with Crippen LogP contribution in [0.25, 0.3) is 0 Å². The van der Waals surface area contributed by atoms with Crippen LogP contribution in [-0.4, -0.2) is 55.7 Å². The third-order valence-corrected chi connectivity index (χ3v) is 3.66. The number of hydrogen-bond donors (Lipinski definition) is 2. The number of rotatable bonds is 5. The molecule has 1 rings (SSSR count). The fourth-order valence-electron chi connectivity index (χ4n) is 2.26. The van der Waals surface area contributed by atoms with E-state index in [0.717, 1.165) is 6.54 Å². The Kier molecular flexibility index (Phi) is 5.49. The lowest BCUT2D eigenvalue weighted by Crippen LogP contribution is -2.54. The first-order valence-corrected chi connectivity index (χ1v) is 6.62. The number of nitrogens with one attached hydrogen (secondary N) is 1. The van der Waals surface area contributed by atoms with Crippen LogP contribution in [0.3, 0.4) is 0 Å². The van der Waals surface area contributed by atoms with E-state index in [2.05, 4.69) is 5.32 Å². The Morgan fingerprint density at radius 2 is 2.06 bits per heavy atom. The maximum Gasteiger partial charge on any atom is 0.233 e. The number of amides is 1. The fraction of sp³-hybridized carbons (Fsp3) is 0.833. The maximum absolute atomic E-state index is 12.4. The zero-order chi connectivity index (χ0) is 13.8. The molecule has 18 heavy (non-hydrogen) atoms. The van der Waals surface area contributed by atoms with E-state index in [9.17, 15) is 4.79 Å². The normalized spacial score (nSPS) is 20.4. The Hall–Kier alpha value is -0.720. The SMILES string of the molecule is CC(CN(C)C)NC(=O)C1(C(N)=S)CCOCC1. The van der Waals surface area contributed by atoms with E-state index in [-0.39, 0.29) is 16.9 Å². The second kappa shape index (κ2) is 6.45. The summed E-state index contributed by atoms with van der Waals surface area (Å²) in [6, 6.07) is 0.0709. The molecule has 0 spiro atoms. The Morgan fingerprint density at radius 3 is 2.50 bits per heavy atom. The molecular weight excluding hydrogens is 250 g/mol. The quantitative estimate of drug-likeness (QED) is 0.697. The van der Waals surface area contributed by atoms with E-state index in [1.54, 1.807) is 0 Å². The highest BCUT2D eigenvalue weighted by Gasteiger charge is 2.43. The van der Waals surface area contributed by atoms with Crippen LogP contribution >= 0.6 is 12.2 Å². The van der Waals surface area contributed by atoms with Gasteiger partial charge in [0.15, 0.2) is 0 Å². The average molecular weight is 273 g/mol. The van der Waals surface area contributed by atoms with Gasteiger partial charge in [-0.2, -0.15) is 0 Å². The summed E-state index contributed by atoms with van der Waals surface area (Å²) in [6.07, 6.45) is 1.14. The molecule has 1 heterocycles. The van der Waals surface area contributed by atoms with Crippen molar-refractivity contribution in [3.63, 3.8) is 0 Å². The predicted octanol–water partition coefficient (Wildman–Crippen LogP) is 0.136. The maximum atomic E-state index is 12.4. The van der Waals surface area contributed by atoms with Crippen molar-refractivity contribution < 1.29 is 9.53 Å². The van der Waals surface area contributed by atoms with Crippen molar-refractivity contribution in [3.8, 4) is 0 Å². The molecule has 1 amide bonds. The molecule has 1 aliphatic heterocycles. The van der Waals surface area contributed by atoms with Gasteiger partial charge >= 0.3 is 0 Å². The monoisotopic (exact) mass is 273 g/mol. The Balaban J connectivity index is 2.69. The number of carbonyl (C=O) groups is 1. The number of nitrogens with two attached hydrogens (primary N) is 1. The van der Waals surface area contributed by atoms with Crippen LogP contribution in [0.4, 0.5) is 0 Å². The van der Waals surface area contributed by atoms with Crippen molar-refractivity contribution in [1.82, 2.24) is 10.2 Å². The third kappa shape index (κ3) is 3.63. The van der Waals surface area contributed by atoms with Crippen LogP contribution in [0, 0.1) is 5.41 Å². The van der Waals surface area contributed by atoms with Gasteiger partial charge in [0.2, 0.25) is 5.91 Å². The van der Waals surface area contributed by atoms with Crippen molar-refractivity contribution in [3.05, 3.63) is 0 Å². The van der Waals surface area contributed by atoms with Gasteiger partial charge in [0, 0.05) is 25.8 Å². The van der Waals surface area contributed by atoms with Crippen LogP contribution < -0.4 is 11.1 Å². The van der Waals surface area contributed by atoms with E-state index >= 15 is 0 Å². The summed E-state index contributed by atoms with van der Waals surface area (Å²) in [5.74, 6) is -0.0624. The number of likely N-dealkylation sites (N-methyl/N-ethyl adjacent to an activating group) is 1. The lowest BCUT2D eigenvalue weighted by atomic mass is 9.79. The van der Waals surface area contributed by atoms with Crippen LogP contribution in [0.5, 0.6) is 0 Å². The van der Waals surface area contributed by atoms with E-state index in [1.165, 1.54) is 0 Å². The molecule has 0 aliphatic carbocycles. The Labute approximate surface area is 114 Å². The molecule has 1 fully saturated rings. The van der Waals surface area contributed by atoms with E-state index in [1.807, 2.05) is 25.9 Å². The highest BCUT2D eigenvalue weighted by molar-refractivity contribution is 7.80. The largest absolute Gasteiger partial charge is 0.392 e. The zero-order valence-electron chi connectivity index (χ0n) is 11.4. The van der Waals surface area contributed by atoms with E-state index < -0.39 is 5.41 Å². The van der Waals surface area contributed by atoms with Crippen molar-refractivity contribution in [2.45, 2.75) is 25.8 Å². The fourth-order valence-corrected chi connectivity index (χ4v) is 2.56. The van der Waals surface area contributed by atoms with Gasteiger partial charge in [0.1, 0.15) is 5.41 Å². The minimum Gasteiger partial charge on any atom is -0.392 e. The zero-order valence-corrected chi connectivity index (χ0v) is 12.2. The molecule has 0 bridgehead atoms. The molecule has 1 aliphatic rings. The van der Waals surface area contributed by atoms with Gasteiger partial charge in [-0.15, -0.1) is 0 Å². The summed E-state index contributed by atoms with van der Waals surface area (Å²) >= 11 is 5.10. The molecule has 1 unspecified atom stereocenters. The first-order valence-electron chi connectivity index (χ1n) is 6.22. The predicted molar refractivity (Wildman–Crippen MR) is 75.4 cm³/mol. The molecule has 1 saturated heterocycles. The molecule has 3 N–H and O–H groups in total. The molecule has 0 radical (unpaired) electrons. The number of nitrogens with zero attached hydrogens (tertiary/aromatic N) is 1. The number of ether oxygens (including phenoxy) is 1. The van der Waals surface area contributed by atoms with Crippen molar-refractivity contribution in [2.75, 3.05) is 33.9 Å². The van der Waals surface area contributed by atoms with Crippen LogP contribution in [0.2, 0.25) is 0 Å². The smallest absolute Gasteiger partial charge is 0.233 e. The molecule has 6 heteroatoms. The number of hydrogen-bond acceptors (Lipinski definition) is 4. The van der Waals surface area contributed by atoms with Crippen LogP contribution in [-0.2, 0) is 9.53 Å². The Morgan fingerprint density at radius 1 is 1.50 bits per heavy atom. The molecule has 0 aromatic heterocycles. The van der Waals surface area contributed by atoms with E-state index in [4.69, 9.17) is 22.7 Å². The molecule has 5 nitrogen and oxygen atoms in total. The topological polar surface area (TPSA) is 67.6 Å². The third-order valence-electron chi connectivity index (χ3n) is 3.27. The molecule has 0 aromatic carbocycles. The van der Waals surface area contributed by atoms with Gasteiger partial charge in [-0.25, -0.2) is 0 Å². The van der Waals surface area contributed by atoms with Crippen molar-refractivity contribution >= 4 is 23.1 Å². The van der Waals surface area contributed by atoms with Crippen LogP contribution in [0.15, 0.2) is 0 Å². The van der Waals surface area contributed by atoms with E-state index in [0.29, 0.717) is 26.1 Å². The standard InChI is InChI=1S/C12H23N3O2S/c1-9(8-15(2)3)14-11(16)12(10(13)18)4-6-17-7-5-12/h9H,4-8H2,1-3H3,(H2,13,18)(H,14,16). The minimum atomic E-state index is -0.728. The highest BCUT2D eigenvalue weighted by Crippen LogP contribution is 2.31. The molecule has 0 aromatic rings. The first kappa shape index (κ1) is 15.3. The van der Waals surface area contributed by atoms with Crippen molar-refractivity contribution in [1.29, 1.82) is 0 Å². The number of carbonyl (C=O) groups excluding carboxylic acids is 1. The second-order valence-corrected chi connectivity index (χ2v) is 5.64. The lowest BCUT2D eigenvalue weighted by molar-refractivity contribution is -0.132. The van der Waals surface area contributed by atoms with Crippen molar-refractivity contribution in [2.24, 2.45) is 11.1 Å². The molecule has 0 saturated carbocycles. The summed E-state index contributed by atoms with van der Waals surface area (Å²) in [5.41, 5.74) is 5.06. The van der Waals surface area contributed by atoms with Gasteiger partial charge in [-0.05, 0) is 33.9 Å². The van der Waals surface area contributed by atoms with Gasteiger partial charge in [0.05, 0.1) is 4.99 Å². The highest BCUT2D eigenvalue weighted by atomic mass is 32.1. The van der Waals surface area contributed by atoms with Gasteiger partial charge in [0.25, 0.3) is 0 Å². The Bertz CT molecular complexity index is 314. The van der Waals surface area contributed by atoms with Gasteiger partial charge in [-0.3, -0.25) is 4.79 Å². The summed E-state index contributed by atoms with van der Waals surface area (Å²) < 4.78 is 5.29. The van der Waals surface area contributed by atoms with Gasteiger partial charge in [-0.1, -0.05) is 12.2 Å². The number of thiocarbonyl (C=S) groups is 1. The molecule has 104 valence electrons. The lowest BCUT2D eigenvalue weighted by Gasteiger charge is -2.35. The first-order chi connectivity index (χ1) is 8.38. The molecule has 1 atom stereocenters. The summed E-state index contributed by atoms with van der Waals surface area (Å²) in [6.45, 7) is 3.83. The average Bonchev–Trinajstić information content (AvgIpc) is 2.28. The second-order valence-electron chi connectivity index (χ2n) is 5.20. The minimum absolute atomic E-state index is 0.0624. The summed E-state index contributed by atoms with van der Waals surface area (Å²) in [4.78, 5) is 14.7.